The molecule has 4 saturated carbocycles. The molecule has 0 aromatic rings. The fourth-order valence-corrected chi connectivity index (χ4v) is 8.98. The molecule has 6 bridgehead atoms. The number of carbonyl (C=O) groups excluding carboxylic acids is 1. The molecule has 3 heteroatoms. The lowest BCUT2D eigenvalue weighted by atomic mass is 9.39. The lowest BCUT2D eigenvalue weighted by molar-refractivity contribution is -0.267. The van der Waals surface area contributed by atoms with E-state index in [1.807, 2.05) is 0 Å². The van der Waals surface area contributed by atoms with Crippen molar-refractivity contribution in [3.05, 3.63) is 0 Å². The highest BCUT2D eigenvalue weighted by atomic mass is 16.5. The molecule has 4 aliphatic carbocycles. The first-order valence-corrected chi connectivity index (χ1v) is 9.77. The SMILES string of the molecule is CC12C[C@@]34CC[C@H]5[C@@]6(CCC[C@@]5(C)C(=O)OC6)[C@@H]3[C@H](C[C@@H]1C4)O2. The van der Waals surface area contributed by atoms with Crippen LogP contribution in [0.3, 0.4) is 0 Å². The summed E-state index contributed by atoms with van der Waals surface area (Å²) in [6.45, 7) is 5.26. The maximum absolute atomic E-state index is 12.6. The van der Waals surface area contributed by atoms with E-state index in [0.29, 0.717) is 30.0 Å². The zero-order chi connectivity index (χ0) is 15.7. The van der Waals surface area contributed by atoms with E-state index in [1.54, 1.807) is 0 Å². The minimum absolute atomic E-state index is 0.0910. The number of ether oxygens (including phenoxy) is 2. The van der Waals surface area contributed by atoms with Crippen LogP contribution in [0.15, 0.2) is 0 Å². The molecule has 0 N–H and O–H groups in total. The molecular formula is C20H28O3. The number of carbonyl (C=O) groups is 1. The summed E-state index contributed by atoms with van der Waals surface area (Å²) in [7, 11) is 0. The van der Waals surface area contributed by atoms with Crippen molar-refractivity contribution in [2.45, 2.75) is 76.9 Å². The Kier molecular flexibility index (Phi) is 2.18. The van der Waals surface area contributed by atoms with Crippen LogP contribution in [-0.4, -0.2) is 24.3 Å². The van der Waals surface area contributed by atoms with E-state index >= 15 is 0 Å². The third-order valence-electron chi connectivity index (χ3n) is 9.48. The van der Waals surface area contributed by atoms with Gasteiger partial charge in [-0.25, -0.2) is 0 Å². The van der Waals surface area contributed by atoms with Crippen LogP contribution in [0.4, 0.5) is 0 Å². The molecule has 1 spiro atoms. The average molecular weight is 316 g/mol. The van der Waals surface area contributed by atoms with Gasteiger partial charge in [0.15, 0.2) is 0 Å². The number of hydrogen-bond donors (Lipinski definition) is 0. The highest BCUT2D eigenvalue weighted by Crippen LogP contribution is 2.77. The van der Waals surface area contributed by atoms with Crippen molar-refractivity contribution in [1.29, 1.82) is 0 Å². The van der Waals surface area contributed by atoms with Crippen LogP contribution >= 0.6 is 0 Å². The van der Waals surface area contributed by atoms with Gasteiger partial charge in [0.05, 0.1) is 23.7 Å². The molecule has 0 aromatic heterocycles. The lowest BCUT2D eigenvalue weighted by Crippen LogP contribution is -2.68. The summed E-state index contributed by atoms with van der Waals surface area (Å²) in [6, 6.07) is 0. The normalized spacial score (nSPS) is 65.2. The average Bonchev–Trinajstić information content (AvgIpc) is 2.85. The minimum Gasteiger partial charge on any atom is -0.465 e. The van der Waals surface area contributed by atoms with Gasteiger partial charge in [-0.3, -0.25) is 4.79 Å². The fourth-order valence-electron chi connectivity index (χ4n) is 8.98. The number of rotatable bonds is 0. The van der Waals surface area contributed by atoms with E-state index < -0.39 is 0 Å². The molecule has 3 aliphatic heterocycles. The van der Waals surface area contributed by atoms with Crippen molar-refractivity contribution >= 4 is 5.97 Å². The molecule has 3 nitrogen and oxygen atoms in total. The Hall–Kier alpha value is -0.570. The second kappa shape index (κ2) is 3.66. The van der Waals surface area contributed by atoms with Gasteiger partial charge in [-0.15, -0.1) is 0 Å². The summed E-state index contributed by atoms with van der Waals surface area (Å²) in [5.41, 5.74) is 0.661. The van der Waals surface area contributed by atoms with Crippen LogP contribution in [0.2, 0.25) is 0 Å². The van der Waals surface area contributed by atoms with Gasteiger partial charge in [0.1, 0.15) is 0 Å². The molecular weight excluding hydrogens is 288 g/mol. The number of cyclic esters (lactones) is 1. The highest BCUT2D eigenvalue weighted by Gasteiger charge is 2.76. The van der Waals surface area contributed by atoms with Crippen molar-refractivity contribution in [3.8, 4) is 0 Å². The van der Waals surface area contributed by atoms with Gasteiger partial charge in [0.2, 0.25) is 0 Å². The molecule has 126 valence electrons. The fraction of sp³-hybridized carbons (Fsp3) is 0.950. The largest absolute Gasteiger partial charge is 0.465 e. The van der Waals surface area contributed by atoms with Gasteiger partial charge in [0.25, 0.3) is 0 Å². The second-order valence-electron chi connectivity index (χ2n) is 10.3. The lowest BCUT2D eigenvalue weighted by Gasteiger charge is -2.68. The van der Waals surface area contributed by atoms with Gasteiger partial charge in [-0.05, 0) is 76.0 Å². The smallest absolute Gasteiger partial charge is 0.312 e. The molecule has 0 aromatic carbocycles. The molecule has 23 heavy (non-hydrogen) atoms. The van der Waals surface area contributed by atoms with Crippen molar-refractivity contribution in [3.63, 3.8) is 0 Å². The number of esters is 1. The van der Waals surface area contributed by atoms with Crippen LogP contribution in [0, 0.1) is 34.0 Å². The Labute approximate surface area is 138 Å². The third-order valence-corrected chi connectivity index (χ3v) is 9.48. The van der Waals surface area contributed by atoms with E-state index in [-0.39, 0.29) is 22.4 Å². The van der Waals surface area contributed by atoms with Crippen molar-refractivity contribution < 1.29 is 14.3 Å². The topological polar surface area (TPSA) is 35.5 Å². The molecule has 7 rings (SSSR count). The van der Waals surface area contributed by atoms with E-state index in [2.05, 4.69) is 13.8 Å². The van der Waals surface area contributed by atoms with Crippen LogP contribution in [0.5, 0.6) is 0 Å². The molecule has 1 unspecified atom stereocenters. The van der Waals surface area contributed by atoms with Gasteiger partial charge in [-0.2, -0.15) is 0 Å². The van der Waals surface area contributed by atoms with Crippen molar-refractivity contribution in [2.24, 2.45) is 34.0 Å². The Balaban J connectivity index is 1.51. The molecule has 7 aliphatic rings. The summed E-state index contributed by atoms with van der Waals surface area (Å²) in [4.78, 5) is 12.6. The van der Waals surface area contributed by atoms with Gasteiger partial charge in [0, 0.05) is 11.3 Å². The maximum atomic E-state index is 12.6. The maximum Gasteiger partial charge on any atom is 0.312 e. The van der Waals surface area contributed by atoms with Crippen LogP contribution in [0.1, 0.15) is 65.2 Å². The highest BCUT2D eigenvalue weighted by molar-refractivity contribution is 5.78. The van der Waals surface area contributed by atoms with Crippen LogP contribution < -0.4 is 0 Å². The van der Waals surface area contributed by atoms with Gasteiger partial charge < -0.3 is 9.47 Å². The van der Waals surface area contributed by atoms with Crippen molar-refractivity contribution in [1.82, 2.24) is 0 Å². The Bertz CT molecular complexity index is 616. The summed E-state index contributed by atoms with van der Waals surface area (Å²) < 4.78 is 12.5. The van der Waals surface area contributed by atoms with Gasteiger partial charge in [-0.1, -0.05) is 6.42 Å². The summed E-state index contributed by atoms with van der Waals surface area (Å²) in [5.74, 6) is 2.06. The third kappa shape index (κ3) is 1.28. The number of hydrogen-bond acceptors (Lipinski definition) is 3. The summed E-state index contributed by atoms with van der Waals surface area (Å²) in [6.07, 6.45) is 10.4. The zero-order valence-electron chi connectivity index (χ0n) is 14.4. The first kappa shape index (κ1) is 13.7. The van der Waals surface area contributed by atoms with Gasteiger partial charge >= 0.3 is 5.97 Å². The monoisotopic (exact) mass is 316 g/mol. The summed E-state index contributed by atoms with van der Waals surface area (Å²) >= 11 is 0. The van der Waals surface area contributed by atoms with E-state index in [9.17, 15) is 4.79 Å². The second-order valence-corrected chi connectivity index (χ2v) is 10.3. The Morgan fingerprint density at radius 3 is 2.87 bits per heavy atom. The predicted molar refractivity (Wildman–Crippen MR) is 84.6 cm³/mol. The first-order chi connectivity index (χ1) is 10.9. The standard InChI is InChI=1S/C20H28O3/c1-17-5-3-6-20(11-22-16(17)21)14(17)4-7-19-9-12-8-13(15(19)20)23-18(12,2)10-19/h12-15H,3-11H2,1-2H3/t12-,13+,14-,15-,17-,18?,19+,20+/m1/s1. The molecule has 3 heterocycles. The molecule has 8 atom stereocenters. The summed E-state index contributed by atoms with van der Waals surface area (Å²) in [5, 5.41) is 0. The van der Waals surface area contributed by atoms with E-state index in [0.717, 1.165) is 12.3 Å². The van der Waals surface area contributed by atoms with Crippen molar-refractivity contribution in [2.75, 3.05) is 6.61 Å². The first-order valence-electron chi connectivity index (χ1n) is 9.77. The zero-order valence-corrected chi connectivity index (χ0v) is 14.4. The molecule has 7 fully saturated rings. The van der Waals surface area contributed by atoms with Crippen LogP contribution in [-0.2, 0) is 14.3 Å². The molecule has 3 saturated heterocycles. The Morgan fingerprint density at radius 2 is 2.04 bits per heavy atom. The van der Waals surface area contributed by atoms with E-state index in [1.165, 1.54) is 44.9 Å². The minimum atomic E-state index is -0.222. The molecule has 0 amide bonds. The van der Waals surface area contributed by atoms with E-state index in [4.69, 9.17) is 9.47 Å². The Morgan fingerprint density at radius 1 is 1.17 bits per heavy atom. The van der Waals surface area contributed by atoms with Crippen LogP contribution in [0.25, 0.3) is 0 Å². The quantitative estimate of drug-likeness (QED) is 0.639. The molecule has 0 radical (unpaired) electrons. The predicted octanol–water partition coefficient (Wildman–Crippen LogP) is 3.70.